The van der Waals surface area contributed by atoms with Gasteiger partial charge in [0, 0.05) is 23.0 Å². The van der Waals surface area contributed by atoms with Crippen molar-refractivity contribution in [3.05, 3.63) is 64.3 Å². The zero-order chi connectivity index (χ0) is 20.4. The first-order valence-electron chi connectivity index (χ1n) is 8.31. The molecule has 28 heavy (non-hydrogen) atoms. The highest BCUT2D eigenvalue weighted by molar-refractivity contribution is 6.31. The number of anilines is 1. The Balaban J connectivity index is 1.72. The van der Waals surface area contributed by atoms with Crippen LogP contribution in [0.5, 0.6) is 0 Å². The first-order chi connectivity index (χ1) is 13.2. The topological polar surface area (TPSA) is 102 Å². The van der Waals surface area contributed by atoms with Crippen molar-refractivity contribution in [2.75, 3.05) is 5.32 Å². The number of benzene rings is 1. The molecular weight excluding hydrogens is 389 g/mol. The third-order valence-electron chi connectivity index (χ3n) is 4.18. The van der Waals surface area contributed by atoms with Gasteiger partial charge in [-0.15, -0.1) is 0 Å². The molecular formula is C18H17ClFN5O3. The van der Waals surface area contributed by atoms with Gasteiger partial charge in [0.1, 0.15) is 11.9 Å². The number of aromatic nitrogens is 4. The van der Waals surface area contributed by atoms with E-state index >= 15 is 0 Å². The van der Waals surface area contributed by atoms with E-state index in [9.17, 15) is 14.0 Å². The van der Waals surface area contributed by atoms with E-state index < -0.39 is 23.7 Å². The maximum absolute atomic E-state index is 13.2. The lowest BCUT2D eigenvalue weighted by atomic mass is 10.2. The molecule has 0 fully saturated rings. The Bertz CT molecular complexity index is 1050. The van der Waals surface area contributed by atoms with Crippen molar-refractivity contribution in [2.24, 2.45) is 0 Å². The lowest BCUT2D eigenvalue weighted by Crippen LogP contribution is -2.16. The standard InChI is InChI=1S/C18H17ClFN5O3/c1-10-5-16(23-24(10)8-12-3-4-14(20)6-15(12)19)22-17(26)13-7-21-25(9-13)11(2)18(27)28/h3-7,9,11H,8H2,1-2H3,(H,27,28)(H,22,23,26). The highest BCUT2D eigenvalue weighted by Gasteiger charge is 2.17. The van der Waals surface area contributed by atoms with E-state index in [1.807, 2.05) is 6.92 Å². The molecule has 0 aliphatic heterocycles. The predicted molar refractivity (Wildman–Crippen MR) is 100 cm³/mol. The third kappa shape index (κ3) is 4.20. The second-order valence-corrected chi connectivity index (χ2v) is 6.65. The second-order valence-electron chi connectivity index (χ2n) is 6.24. The summed E-state index contributed by atoms with van der Waals surface area (Å²) in [6, 6.07) is 4.92. The van der Waals surface area contributed by atoms with Crippen molar-refractivity contribution in [3.8, 4) is 0 Å². The van der Waals surface area contributed by atoms with E-state index in [0.717, 1.165) is 5.69 Å². The number of halogens is 2. The maximum atomic E-state index is 13.2. The molecule has 2 N–H and O–H groups in total. The minimum absolute atomic E-state index is 0.210. The number of rotatable bonds is 6. The van der Waals surface area contributed by atoms with Gasteiger partial charge < -0.3 is 10.4 Å². The average Bonchev–Trinajstić information content (AvgIpc) is 3.24. The van der Waals surface area contributed by atoms with E-state index in [-0.39, 0.29) is 5.56 Å². The van der Waals surface area contributed by atoms with E-state index in [0.29, 0.717) is 22.9 Å². The number of aryl methyl sites for hydroxylation is 1. The molecule has 0 bridgehead atoms. The summed E-state index contributed by atoms with van der Waals surface area (Å²) >= 11 is 6.05. The summed E-state index contributed by atoms with van der Waals surface area (Å²) < 4.78 is 16.0. The Morgan fingerprint density at radius 2 is 2.11 bits per heavy atom. The number of hydrogen-bond acceptors (Lipinski definition) is 4. The van der Waals surface area contributed by atoms with Gasteiger partial charge in [-0.2, -0.15) is 10.2 Å². The van der Waals surface area contributed by atoms with Crippen LogP contribution in [0.2, 0.25) is 5.02 Å². The molecule has 1 atom stereocenters. The molecule has 2 aromatic heterocycles. The Hall–Kier alpha value is -3.20. The molecule has 0 aliphatic carbocycles. The Morgan fingerprint density at radius 1 is 1.36 bits per heavy atom. The zero-order valence-electron chi connectivity index (χ0n) is 15.1. The number of aliphatic carboxylic acids is 1. The fourth-order valence-corrected chi connectivity index (χ4v) is 2.74. The molecule has 0 aliphatic rings. The van der Waals surface area contributed by atoms with Gasteiger partial charge in [0.2, 0.25) is 0 Å². The number of nitrogens with one attached hydrogen (secondary N) is 1. The molecule has 146 valence electrons. The summed E-state index contributed by atoms with van der Waals surface area (Å²) in [5.74, 6) is -1.62. The molecule has 2 heterocycles. The lowest BCUT2D eigenvalue weighted by molar-refractivity contribution is -0.140. The van der Waals surface area contributed by atoms with Gasteiger partial charge in [0.05, 0.1) is 18.3 Å². The molecule has 0 radical (unpaired) electrons. The van der Waals surface area contributed by atoms with Gasteiger partial charge in [0.15, 0.2) is 5.82 Å². The van der Waals surface area contributed by atoms with Gasteiger partial charge in [0.25, 0.3) is 5.91 Å². The highest BCUT2D eigenvalue weighted by Crippen LogP contribution is 2.20. The smallest absolute Gasteiger partial charge is 0.328 e. The molecule has 1 unspecified atom stereocenters. The zero-order valence-corrected chi connectivity index (χ0v) is 15.8. The quantitative estimate of drug-likeness (QED) is 0.656. The largest absolute Gasteiger partial charge is 0.480 e. The molecule has 1 amide bonds. The van der Waals surface area contributed by atoms with Crippen LogP contribution >= 0.6 is 11.6 Å². The third-order valence-corrected chi connectivity index (χ3v) is 4.53. The van der Waals surface area contributed by atoms with E-state index in [2.05, 4.69) is 15.5 Å². The average molecular weight is 406 g/mol. The van der Waals surface area contributed by atoms with Crippen LogP contribution in [0, 0.1) is 12.7 Å². The fourth-order valence-electron chi connectivity index (χ4n) is 2.51. The minimum atomic E-state index is -1.05. The Labute approximate surface area is 164 Å². The van der Waals surface area contributed by atoms with Crippen LogP contribution in [-0.2, 0) is 11.3 Å². The summed E-state index contributed by atoms with van der Waals surface area (Å²) in [7, 11) is 0. The summed E-state index contributed by atoms with van der Waals surface area (Å²) in [6.07, 6.45) is 2.65. The summed E-state index contributed by atoms with van der Waals surface area (Å²) in [6.45, 7) is 3.59. The summed E-state index contributed by atoms with van der Waals surface area (Å²) in [5.41, 5.74) is 1.67. The molecule has 10 heteroatoms. The Kier molecular flexibility index (Phi) is 5.46. The second kappa shape index (κ2) is 7.81. The number of carbonyl (C=O) groups excluding carboxylic acids is 1. The number of amides is 1. The van der Waals surface area contributed by atoms with Crippen LogP contribution in [0.3, 0.4) is 0 Å². The number of carbonyl (C=O) groups is 2. The number of carboxylic acids is 1. The van der Waals surface area contributed by atoms with Crippen LogP contribution in [0.15, 0.2) is 36.7 Å². The fraction of sp³-hybridized carbons (Fsp3) is 0.222. The monoisotopic (exact) mass is 405 g/mol. The van der Waals surface area contributed by atoms with Crippen molar-refractivity contribution in [1.82, 2.24) is 19.6 Å². The summed E-state index contributed by atoms with van der Waals surface area (Å²) in [5, 5.41) is 20.2. The van der Waals surface area contributed by atoms with Gasteiger partial charge in [-0.25, -0.2) is 9.18 Å². The van der Waals surface area contributed by atoms with E-state index in [1.54, 1.807) is 16.8 Å². The highest BCUT2D eigenvalue weighted by atomic mass is 35.5. The number of carboxylic acid groups (broad SMARTS) is 1. The van der Waals surface area contributed by atoms with Crippen LogP contribution in [0.1, 0.15) is 34.6 Å². The molecule has 1 aromatic carbocycles. The Morgan fingerprint density at radius 3 is 2.79 bits per heavy atom. The molecule has 0 saturated heterocycles. The van der Waals surface area contributed by atoms with Crippen LogP contribution in [0.4, 0.5) is 10.2 Å². The molecule has 0 spiro atoms. The predicted octanol–water partition coefficient (Wildman–Crippen LogP) is 3.13. The lowest BCUT2D eigenvalue weighted by Gasteiger charge is -2.07. The van der Waals surface area contributed by atoms with Crippen molar-refractivity contribution >= 4 is 29.3 Å². The van der Waals surface area contributed by atoms with E-state index in [1.165, 1.54) is 36.1 Å². The summed E-state index contributed by atoms with van der Waals surface area (Å²) in [4.78, 5) is 23.4. The van der Waals surface area contributed by atoms with Crippen LogP contribution in [0.25, 0.3) is 0 Å². The maximum Gasteiger partial charge on any atom is 0.328 e. The minimum Gasteiger partial charge on any atom is -0.480 e. The molecule has 3 rings (SSSR count). The van der Waals surface area contributed by atoms with Crippen molar-refractivity contribution in [1.29, 1.82) is 0 Å². The molecule has 3 aromatic rings. The van der Waals surface area contributed by atoms with Crippen molar-refractivity contribution < 1.29 is 19.1 Å². The van der Waals surface area contributed by atoms with Gasteiger partial charge >= 0.3 is 5.97 Å². The number of nitrogens with zero attached hydrogens (tertiary/aromatic N) is 4. The molecule has 0 saturated carbocycles. The van der Waals surface area contributed by atoms with Crippen molar-refractivity contribution in [3.63, 3.8) is 0 Å². The van der Waals surface area contributed by atoms with Crippen LogP contribution in [-0.4, -0.2) is 36.5 Å². The van der Waals surface area contributed by atoms with Crippen LogP contribution < -0.4 is 5.32 Å². The van der Waals surface area contributed by atoms with E-state index in [4.69, 9.17) is 16.7 Å². The normalized spacial score (nSPS) is 12.0. The first kappa shape index (κ1) is 19.6. The molecule has 8 nitrogen and oxygen atoms in total. The number of hydrogen-bond donors (Lipinski definition) is 2. The van der Waals surface area contributed by atoms with Gasteiger partial charge in [-0.1, -0.05) is 17.7 Å². The SMILES string of the molecule is Cc1cc(NC(=O)c2cnn(C(C)C(=O)O)c2)nn1Cc1ccc(F)cc1Cl. The van der Waals surface area contributed by atoms with Crippen molar-refractivity contribution in [2.45, 2.75) is 26.4 Å². The van der Waals surface area contributed by atoms with Gasteiger partial charge in [-0.05, 0) is 31.5 Å². The first-order valence-corrected chi connectivity index (χ1v) is 8.69. The van der Waals surface area contributed by atoms with Gasteiger partial charge in [-0.3, -0.25) is 14.2 Å².